The number of hydrogen-bond donors (Lipinski definition) is 0. The molecule has 2 saturated heterocycles. The third kappa shape index (κ3) is 3.81. The summed E-state index contributed by atoms with van der Waals surface area (Å²) < 4.78 is 27.4. The zero-order valence-corrected chi connectivity index (χ0v) is 14.8. The first-order valence-corrected chi connectivity index (χ1v) is 8.95. The minimum absolute atomic E-state index is 0.00291. The second kappa shape index (κ2) is 7.28. The van der Waals surface area contributed by atoms with Crippen LogP contribution in [-0.4, -0.2) is 55.5 Å². The van der Waals surface area contributed by atoms with E-state index in [9.17, 15) is 14.4 Å². The maximum Gasteiger partial charge on any atom is 0.342 e. The summed E-state index contributed by atoms with van der Waals surface area (Å²) in [7, 11) is 0. The van der Waals surface area contributed by atoms with E-state index < -0.39 is 36.4 Å². The molecule has 0 unspecified atom stereocenters. The van der Waals surface area contributed by atoms with Crippen LogP contribution in [0.2, 0.25) is 0 Å². The standard InChI is InChI=1S/C19H20O8/c1-10(20)25-13-5-3-2-4-12(13)19(22)27-15-9-24-16-14(8-23-17(15)16)26-18(21)11-6-7-11/h2-5,11,14-17H,6-9H2,1H3/t14-,15+,16-,17-/m1/s1. The van der Waals surface area contributed by atoms with Gasteiger partial charge in [0.15, 0.2) is 12.2 Å². The van der Waals surface area contributed by atoms with Crippen molar-refractivity contribution in [3.8, 4) is 5.75 Å². The number of ether oxygens (including phenoxy) is 5. The summed E-state index contributed by atoms with van der Waals surface area (Å²) in [5.41, 5.74) is 0.144. The minimum Gasteiger partial charge on any atom is -0.457 e. The third-order valence-corrected chi connectivity index (χ3v) is 4.76. The molecule has 0 radical (unpaired) electrons. The molecule has 0 bridgehead atoms. The van der Waals surface area contributed by atoms with Crippen LogP contribution in [0.1, 0.15) is 30.1 Å². The highest BCUT2D eigenvalue weighted by Crippen LogP contribution is 2.35. The first-order chi connectivity index (χ1) is 13.0. The van der Waals surface area contributed by atoms with Crippen LogP contribution >= 0.6 is 0 Å². The lowest BCUT2D eigenvalue weighted by Crippen LogP contribution is -2.36. The van der Waals surface area contributed by atoms with Crippen molar-refractivity contribution >= 4 is 17.9 Å². The molecule has 0 aromatic heterocycles. The molecule has 2 aliphatic heterocycles. The van der Waals surface area contributed by atoms with Crippen molar-refractivity contribution in [2.45, 2.75) is 44.2 Å². The van der Waals surface area contributed by atoms with Gasteiger partial charge in [-0.25, -0.2) is 4.79 Å². The van der Waals surface area contributed by atoms with Gasteiger partial charge in [0.2, 0.25) is 0 Å². The molecule has 3 aliphatic rings. The third-order valence-electron chi connectivity index (χ3n) is 4.76. The van der Waals surface area contributed by atoms with E-state index in [1.54, 1.807) is 12.1 Å². The second-order valence-electron chi connectivity index (χ2n) is 6.88. The van der Waals surface area contributed by atoms with Gasteiger partial charge in [-0.15, -0.1) is 0 Å². The number of hydrogen-bond acceptors (Lipinski definition) is 8. The smallest absolute Gasteiger partial charge is 0.342 e. The molecule has 8 nitrogen and oxygen atoms in total. The van der Waals surface area contributed by atoms with Crippen LogP contribution in [0.3, 0.4) is 0 Å². The molecule has 4 atom stereocenters. The van der Waals surface area contributed by atoms with Crippen LogP contribution in [0.25, 0.3) is 0 Å². The molecular formula is C19H20O8. The van der Waals surface area contributed by atoms with Crippen molar-refractivity contribution in [2.75, 3.05) is 13.2 Å². The lowest BCUT2D eigenvalue weighted by molar-refractivity contribution is -0.155. The zero-order chi connectivity index (χ0) is 19.0. The average molecular weight is 376 g/mol. The fraction of sp³-hybridized carbons (Fsp3) is 0.526. The van der Waals surface area contributed by atoms with Gasteiger partial charge in [-0.05, 0) is 25.0 Å². The predicted octanol–water partition coefficient (Wildman–Crippen LogP) is 1.26. The summed E-state index contributed by atoms with van der Waals surface area (Å²) in [6.07, 6.45) is -0.328. The highest BCUT2D eigenvalue weighted by molar-refractivity contribution is 5.93. The van der Waals surface area contributed by atoms with Crippen molar-refractivity contribution in [3.63, 3.8) is 0 Å². The molecular weight excluding hydrogens is 356 g/mol. The molecule has 8 heteroatoms. The summed E-state index contributed by atoms with van der Waals surface area (Å²) >= 11 is 0. The van der Waals surface area contributed by atoms with Crippen molar-refractivity contribution in [1.82, 2.24) is 0 Å². The van der Waals surface area contributed by atoms with Crippen LogP contribution in [-0.2, 0) is 28.5 Å². The van der Waals surface area contributed by atoms with E-state index in [-0.39, 0.29) is 36.4 Å². The van der Waals surface area contributed by atoms with Gasteiger partial charge in [-0.2, -0.15) is 0 Å². The van der Waals surface area contributed by atoms with E-state index >= 15 is 0 Å². The van der Waals surface area contributed by atoms with E-state index in [0.717, 1.165) is 12.8 Å². The Hall–Kier alpha value is -2.45. The molecule has 2 heterocycles. The molecule has 0 N–H and O–H groups in total. The maximum absolute atomic E-state index is 12.5. The predicted molar refractivity (Wildman–Crippen MR) is 89.0 cm³/mol. The average Bonchev–Trinajstić information content (AvgIpc) is 3.31. The molecule has 27 heavy (non-hydrogen) atoms. The minimum atomic E-state index is -0.636. The highest BCUT2D eigenvalue weighted by Gasteiger charge is 2.52. The van der Waals surface area contributed by atoms with Crippen LogP contribution in [0.15, 0.2) is 24.3 Å². The van der Waals surface area contributed by atoms with Crippen LogP contribution in [0, 0.1) is 5.92 Å². The molecule has 3 fully saturated rings. The quantitative estimate of drug-likeness (QED) is 0.560. The first-order valence-electron chi connectivity index (χ1n) is 8.95. The Morgan fingerprint density at radius 3 is 2.22 bits per heavy atom. The summed E-state index contributed by atoms with van der Waals surface area (Å²) in [5.74, 6) is -1.25. The highest BCUT2D eigenvalue weighted by atomic mass is 16.7. The summed E-state index contributed by atoms with van der Waals surface area (Å²) in [5, 5.41) is 0. The largest absolute Gasteiger partial charge is 0.457 e. The SMILES string of the molecule is CC(=O)Oc1ccccc1C(=O)O[C@H]1CO[C@H]2[C@@H]1OC[C@H]2OC(=O)C1CC1. The van der Waals surface area contributed by atoms with Gasteiger partial charge < -0.3 is 23.7 Å². The fourth-order valence-electron chi connectivity index (χ4n) is 3.28. The summed E-state index contributed by atoms with van der Waals surface area (Å²) in [6, 6.07) is 6.34. The number of fused-ring (bicyclic) bond motifs is 1. The molecule has 0 amide bonds. The van der Waals surface area contributed by atoms with Crippen molar-refractivity contribution in [1.29, 1.82) is 0 Å². The number of para-hydroxylation sites is 1. The molecule has 4 rings (SSSR count). The summed E-state index contributed by atoms with van der Waals surface area (Å²) in [4.78, 5) is 35.6. The van der Waals surface area contributed by atoms with E-state index in [1.807, 2.05) is 0 Å². The summed E-state index contributed by atoms with van der Waals surface area (Å²) in [6.45, 7) is 1.62. The second-order valence-corrected chi connectivity index (χ2v) is 6.88. The first kappa shape index (κ1) is 17.9. The maximum atomic E-state index is 12.5. The normalized spacial score (nSPS) is 29.1. The number of carbonyl (C=O) groups is 3. The van der Waals surface area contributed by atoms with Crippen LogP contribution in [0.5, 0.6) is 5.75 Å². The van der Waals surface area contributed by atoms with E-state index in [2.05, 4.69) is 0 Å². The Bertz CT molecular complexity index is 756. The monoisotopic (exact) mass is 376 g/mol. The molecule has 0 spiro atoms. The van der Waals surface area contributed by atoms with E-state index in [1.165, 1.54) is 19.1 Å². The van der Waals surface area contributed by atoms with E-state index in [4.69, 9.17) is 23.7 Å². The Balaban J connectivity index is 1.39. The number of rotatable bonds is 5. The van der Waals surface area contributed by atoms with E-state index in [0.29, 0.717) is 0 Å². The van der Waals surface area contributed by atoms with Gasteiger partial charge in [0, 0.05) is 6.92 Å². The molecule has 1 aromatic rings. The zero-order valence-electron chi connectivity index (χ0n) is 14.8. The Labute approximate surface area is 155 Å². The number of carbonyl (C=O) groups excluding carboxylic acids is 3. The lowest BCUT2D eigenvalue weighted by Gasteiger charge is -2.18. The van der Waals surface area contributed by atoms with Gasteiger partial charge in [-0.1, -0.05) is 12.1 Å². The number of benzene rings is 1. The van der Waals surface area contributed by atoms with Gasteiger partial charge in [-0.3, -0.25) is 9.59 Å². The Morgan fingerprint density at radius 2 is 1.59 bits per heavy atom. The molecule has 144 valence electrons. The molecule has 1 saturated carbocycles. The number of esters is 3. The van der Waals surface area contributed by atoms with Crippen molar-refractivity contribution in [3.05, 3.63) is 29.8 Å². The van der Waals surface area contributed by atoms with Gasteiger partial charge in [0.05, 0.1) is 19.1 Å². The topological polar surface area (TPSA) is 97.4 Å². The Kier molecular flexibility index (Phi) is 4.84. The van der Waals surface area contributed by atoms with Crippen LogP contribution in [0.4, 0.5) is 0 Å². The van der Waals surface area contributed by atoms with Gasteiger partial charge in [0.1, 0.15) is 23.5 Å². The van der Waals surface area contributed by atoms with Gasteiger partial charge in [0.25, 0.3) is 0 Å². The van der Waals surface area contributed by atoms with Gasteiger partial charge >= 0.3 is 17.9 Å². The molecule has 1 aromatic carbocycles. The Morgan fingerprint density at radius 1 is 0.963 bits per heavy atom. The fourth-order valence-corrected chi connectivity index (χ4v) is 3.28. The van der Waals surface area contributed by atoms with Crippen LogP contribution < -0.4 is 4.74 Å². The van der Waals surface area contributed by atoms with Crippen molar-refractivity contribution < 1.29 is 38.1 Å². The molecule has 1 aliphatic carbocycles. The lowest BCUT2D eigenvalue weighted by atomic mass is 10.1. The van der Waals surface area contributed by atoms with Crippen molar-refractivity contribution in [2.24, 2.45) is 5.92 Å².